The van der Waals surface area contributed by atoms with Crippen LogP contribution in [0.15, 0.2) is 23.3 Å². The lowest BCUT2D eigenvalue weighted by atomic mass is 10.0. The van der Waals surface area contributed by atoms with E-state index in [1.165, 1.54) is 36.0 Å². The molecule has 0 radical (unpaired) electrons. The van der Waals surface area contributed by atoms with Crippen molar-refractivity contribution in [3.8, 4) is 0 Å². The molecule has 0 aromatic heterocycles. The van der Waals surface area contributed by atoms with Crippen LogP contribution >= 0.6 is 12.2 Å². The molecule has 0 amide bonds. The highest BCUT2D eigenvalue weighted by atomic mass is 32.1. The van der Waals surface area contributed by atoms with Gasteiger partial charge in [0.25, 0.3) is 0 Å². The second-order valence-corrected chi connectivity index (χ2v) is 6.92. The van der Waals surface area contributed by atoms with Crippen molar-refractivity contribution >= 4 is 23.0 Å². The molecule has 1 aliphatic carbocycles. The van der Waals surface area contributed by atoms with E-state index in [1.807, 2.05) is 6.92 Å². The maximum absolute atomic E-state index is 5.36. The van der Waals surface area contributed by atoms with Gasteiger partial charge in [0.2, 0.25) is 0 Å². The molecule has 1 heterocycles. The number of ether oxygens (including phenoxy) is 1. The number of nitrogens with zero attached hydrogens (tertiary/aromatic N) is 1. The number of rotatable bonds is 5. The maximum atomic E-state index is 5.36. The molecule has 130 valence electrons. The van der Waals surface area contributed by atoms with Gasteiger partial charge < -0.3 is 15.0 Å². The average molecular weight is 348 g/mol. The molecule has 1 aliphatic heterocycles. The van der Waals surface area contributed by atoms with Gasteiger partial charge in [0.05, 0.1) is 32.0 Å². The standard InChI is InChI=1S/C18H26N4OS/c1-14(16-6-5-15-3-2-4-17(15)13-16)20-21-18(24)19-7-8-22-9-11-23-12-10-22/h5-6,13H,2-4,7-12H2,1H3,(H2,19,21,24)/p+1/b20-14-. The molecule has 3 rings (SSSR count). The van der Waals surface area contributed by atoms with Crippen LogP contribution in [0.25, 0.3) is 0 Å². The summed E-state index contributed by atoms with van der Waals surface area (Å²) in [5, 5.41) is 8.24. The van der Waals surface area contributed by atoms with Crippen molar-refractivity contribution in [3.63, 3.8) is 0 Å². The summed E-state index contributed by atoms with van der Waals surface area (Å²) in [4.78, 5) is 1.56. The monoisotopic (exact) mass is 347 g/mol. The number of aryl methyl sites for hydroxylation is 2. The fourth-order valence-electron chi connectivity index (χ4n) is 3.30. The quantitative estimate of drug-likeness (QED) is 0.407. The molecule has 0 spiro atoms. The van der Waals surface area contributed by atoms with E-state index in [0.29, 0.717) is 5.11 Å². The number of quaternary nitrogens is 1. The van der Waals surface area contributed by atoms with Gasteiger partial charge in [-0.25, -0.2) is 0 Å². The van der Waals surface area contributed by atoms with Crippen molar-refractivity contribution < 1.29 is 9.64 Å². The highest BCUT2D eigenvalue weighted by Gasteiger charge is 2.13. The topological polar surface area (TPSA) is 50.1 Å². The summed E-state index contributed by atoms with van der Waals surface area (Å²) in [5.74, 6) is 0. The predicted octanol–water partition coefficient (Wildman–Crippen LogP) is 0.279. The summed E-state index contributed by atoms with van der Waals surface area (Å²) in [6.07, 6.45) is 3.67. The van der Waals surface area contributed by atoms with Gasteiger partial charge in [-0.05, 0) is 61.2 Å². The van der Waals surface area contributed by atoms with Gasteiger partial charge in [-0.1, -0.05) is 12.1 Å². The van der Waals surface area contributed by atoms with E-state index in [1.54, 1.807) is 4.90 Å². The molecule has 1 saturated heterocycles. The van der Waals surface area contributed by atoms with Gasteiger partial charge in [0, 0.05) is 0 Å². The van der Waals surface area contributed by atoms with E-state index in [-0.39, 0.29) is 0 Å². The van der Waals surface area contributed by atoms with Crippen LogP contribution in [0.3, 0.4) is 0 Å². The molecular formula is C18H27N4OS+. The molecule has 24 heavy (non-hydrogen) atoms. The lowest BCUT2D eigenvalue weighted by molar-refractivity contribution is -0.906. The molecular weight excluding hydrogens is 320 g/mol. The van der Waals surface area contributed by atoms with Gasteiger partial charge in [-0.2, -0.15) is 5.10 Å². The van der Waals surface area contributed by atoms with Gasteiger partial charge in [-0.15, -0.1) is 0 Å². The molecule has 0 bridgehead atoms. The minimum absolute atomic E-state index is 0.586. The summed E-state index contributed by atoms with van der Waals surface area (Å²) in [6, 6.07) is 6.66. The van der Waals surface area contributed by atoms with Crippen molar-refractivity contribution in [2.24, 2.45) is 5.10 Å². The van der Waals surface area contributed by atoms with E-state index in [9.17, 15) is 0 Å². The third-order valence-corrected chi connectivity index (χ3v) is 5.04. The van der Waals surface area contributed by atoms with Crippen LogP contribution in [0.1, 0.15) is 30.0 Å². The summed E-state index contributed by atoms with van der Waals surface area (Å²) in [7, 11) is 0. The minimum Gasteiger partial charge on any atom is -0.370 e. The van der Waals surface area contributed by atoms with Gasteiger partial charge in [0.15, 0.2) is 5.11 Å². The van der Waals surface area contributed by atoms with E-state index in [2.05, 4.69) is 34.0 Å². The van der Waals surface area contributed by atoms with Crippen molar-refractivity contribution in [1.82, 2.24) is 10.7 Å². The van der Waals surface area contributed by atoms with Crippen LogP contribution in [-0.2, 0) is 17.6 Å². The van der Waals surface area contributed by atoms with Crippen LogP contribution in [0.5, 0.6) is 0 Å². The summed E-state index contributed by atoms with van der Waals surface area (Å²) in [5.41, 5.74) is 8.05. The van der Waals surface area contributed by atoms with E-state index < -0.39 is 0 Å². The Morgan fingerprint density at radius 1 is 1.25 bits per heavy atom. The Hall–Kier alpha value is -1.50. The Bertz CT molecular complexity index is 611. The number of benzene rings is 1. The highest BCUT2D eigenvalue weighted by molar-refractivity contribution is 7.80. The molecule has 6 heteroatoms. The Kier molecular flexibility index (Phi) is 6.18. The highest BCUT2D eigenvalue weighted by Crippen LogP contribution is 2.22. The largest absolute Gasteiger partial charge is 0.370 e. The van der Waals surface area contributed by atoms with Crippen LogP contribution in [-0.4, -0.2) is 50.2 Å². The van der Waals surface area contributed by atoms with E-state index in [4.69, 9.17) is 17.0 Å². The summed E-state index contributed by atoms with van der Waals surface area (Å²) >= 11 is 5.31. The molecule has 0 saturated carbocycles. The number of hydrazone groups is 1. The number of nitrogens with one attached hydrogen (secondary N) is 3. The minimum atomic E-state index is 0.586. The second-order valence-electron chi connectivity index (χ2n) is 6.51. The first-order valence-corrected chi connectivity index (χ1v) is 9.25. The van der Waals surface area contributed by atoms with Crippen LogP contribution in [0, 0.1) is 0 Å². The third kappa shape index (κ3) is 4.75. The number of fused-ring (bicyclic) bond motifs is 1. The van der Waals surface area contributed by atoms with Gasteiger partial charge in [0.1, 0.15) is 13.1 Å². The predicted molar refractivity (Wildman–Crippen MR) is 101 cm³/mol. The Balaban J connectivity index is 1.43. The molecule has 3 N–H and O–H groups in total. The average Bonchev–Trinajstić information content (AvgIpc) is 3.08. The summed E-state index contributed by atoms with van der Waals surface area (Å²) < 4.78 is 5.36. The molecule has 1 aromatic rings. The summed E-state index contributed by atoms with van der Waals surface area (Å²) in [6.45, 7) is 7.82. The Morgan fingerprint density at radius 3 is 2.88 bits per heavy atom. The van der Waals surface area contributed by atoms with Crippen molar-refractivity contribution in [2.75, 3.05) is 39.4 Å². The molecule has 2 aliphatic rings. The first-order chi connectivity index (χ1) is 11.7. The Labute approximate surface area is 149 Å². The zero-order chi connectivity index (χ0) is 16.8. The van der Waals surface area contributed by atoms with Crippen LogP contribution in [0.4, 0.5) is 0 Å². The number of hydrogen-bond donors (Lipinski definition) is 3. The number of thiocarbonyl (C=S) groups is 1. The van der Waals surface area contributed by atoms with Crippen LogP contribution < -0.4 is 15.6 Å². The maximum Gasteiger partial charge on any atom is 0.187 e. The lowest BCUT2D eigenvalue weighted by Gasteiger charge is -2.23. The smallest absolute Gasteiger partial charge is 0.187 e. The van der Waals surface area contributed by atoms with Crippen molar-refractivity contribution in [3.05, 3.63) is 34.9 Å². The normalized spacial score (nSPS) is 18.3. The molecule has 1 aromatic carbocycles. The first kappa shape index (κ1) is 17.3. The lowest BCUT2D eigenvalue weighted by Crippen LogP contribution is -3.14. The number of morpholine rings is 1. The second kappa shape index (κ2) is 8.55. The fourth-order valence-corrected chi connectivity index (χ4v) is 3.45. The van der Waals surface area contributed by atoms with Crippen molar-refractivity contribution in [2.45, 2.75) is 26.2 Å². The molecule has 5 nitrogen and oxygen atoms in total. The SMILES string of the molecule is C/C(=N/NC(=S)NCC[NH+]1CCOCC1)c1ccc2c(c1)CCC2. The third-order valence-electron chi connectivity index (χ3n) is 4.81. The molecule has 0 unspecified atom stereocenters. The molecule has 0 atom stereocenters. The molecule has 1 fully saturated rings. The van der Waals surface area contributed by atoms with Gasteiger partial charge >= 0.3 is 0 Å². The van der Waals surface area contributed by atoms with Gasteiger partial charge in [-0.3, -0.25) is 5.43 Å². The van der Waals surface area contributed by atoms with Crippen molar-refractivity contribution in [1.29, 1.82) is 0 Å². The number of hydrogen-bond acceptors (Lipinski definition) is 3. The first-order valence-electron chi connectivity index (χ1n) is 8.84. The zero-order valence-electron chi connectivity index (χ0n) is 14.4. The van der Waals surface area contributed by atoms with E-state index >= 15 is 0 Å². The van der Waals surface area contributed by atoms with Crippen LogP contribution in [0.2, 0.25) is 0 Å². The zero-order valence-corrected chi connectivity index (χ0v) is 15.2. The Morgan fingerprint density at radius 2 is 2.04 bits per heavy atom. The van der Waals surface area contributed by atoms with E-state index in [0.717, 1.165) is 45.1 Å². The fraction of sp³-hybridized carbons (Fsp3) is 0.556.